The number of nitro groups is 1. The van der Waals surface area contributed by atoms with Crippen molar-refractivity contribution < 1.29 is 15.1 Å². The molecule has 2 N–H and O–H groups in total. The van der Waals surface area contributed by atoms with Crippen molar-refractivity contribution in [3.8, 4) is 11.5 Å². The van der Waals surface area contributed by atoms with Gasteiger partial charge < -0.3 is 10.2 Å². The summed E-state index contributed by atoms with van der Waals surface area (Å²) in [4.78, 5) is 10.5. The van der Waals surface area contributed by atoms with E-state index in [0.29, 0.717) is 0 Å². The zero-order valence-corrected chi connectivity index (χ0v) is 14.5. The Morgan fingerprint density at radius 2 is 1.19 bits per heavy atom. The van der Waals surface area contributed by atoms with Gasteiger partial charge in [0.05, 0.1) is 4.92 Å². The van der Waals surface area contributed by atoms with E-state index in [1.165, 1.54) is 12.1 Å². The molecule has 0 bridgehead atoms. The minimum atomic E-state index is -0.422. The van der Waals surface area contributed by atoms with Crippen LogP contribution in [-0.4, -0.2) is 15.1 Å². The molecule has 3 aromatic rings. The third-order valence-corrected chi connectivity index (χ3v) is 4.55. The highest BCUT2D eigenvalue weighted by molar-refractivity contribution is 5.50. The Balaban J connectivity index is 2.15. The lowest BCUT2D eigenvalue weighted by Gasteiger charge is -2.20. The molecule has 0 aliphatic heterocycles. The quantitative estimate of drug-likeness (QED) is 0.402. The van der Waals surface area contributed by atoms with Gasteiger partial charge in [0.2, 0.25) is 0 Å². The fourth-order valence-corrected chi connectivity index (χ4v) is 3.08. The van der Waals surface area contributed by atoms with Crippen LogP contribution in [0.25, 0.3) is 0 Å². The van der Waals surface area contributed by atoms with Gasteiger partial charge in [0.1, 0.15) is 11.5 Å². The molecule has 3 aromatic carbocycles. The standard InChI is InChI=1S/C21H19NO4/c1-13-11-16(5-9-19(13)23)21(17-6-10-20(24)14(2)12-17)15-3-7-18(8-4-15)22(25)26/h3-12,21,23-24H,1-2H3. The lowest BCUT2D eigenvalue weighted by Crippen LogP contribution is -2.04. The van der Waals surface area contributed by atoms with Crippen LogP contribution in [0.5, 0.6) is 11.5 Å². The average Bonchev–Trinajstić information content (AvgIpc) is 2.62. The van der Waals surface area contributed by atoms with E-state index >= 15 is 0 Å². The van der Waals surface area contributed by atoms with E-state index in [1.807, 2.05) is 38.1 Å². The van der Waals surface area contributed by atoms with E-state index in [4.69, 9.17) is 0 Å². The average molecular weight is 349 g/mol. The van der Waals surface area contributed by atoms with Gasteiger partial charge in [0.25, 0.3) is 5.69 Å². The molecule has 0 spiro atoms. The minimum absolute atomic E-state index is 0.0382. The molecule has 0 saturated carbocycles. The molecule has 0 amide bonds. The lowest BCUT2D eigenvalue weighted by molar-refractivity contribution is -0.384. The summed E-state index contributed by atoms with van der Waals surface area (Å²) >= 11 is 0. The van der Waals surface area contributed by atoms with Crippen LogP contribution in [0.2, 0.25) is 0 Å². The highest BCUT2D eigenvalue weighted by Crippen LogP contribution is 2.36. The number of nitro benzene ring substituents is 1. The van der Waals surface area contributed by atoms with Crippen molar-refractivity contribution in [1.82, 2.24) is 0 Å². The van der Waals surface area contributed by atoms with Gasteiger partial charge in [0.15, 0.2) is 0 Å². The summed E-state index contributed by atoms with van der Waals surface area (Å²) in [6.07, 6.45) is 0. The number of aryl methyl sites for hydroxylation is 2. The first-order chi connectivity index (χ1) is 12.4. The van der Waals surface area contributed by atoms with Gasteiger partial charge in [-0.2, -0.15) is 0 Å². The minimum Gasteiger partial charge on any atom is -0.508 e. The largest absolute Gasteiger partial charge is 0.508 e. The molecule has 0 heterocycles. The fraction of sp³-hybridized carbons (Fsp3) is 0.143. The van der Waals surface area contributed by atoms with E-state index in [1.54, 1.807) is 24.3 Å². The Morgan fingerprint density at radius 1 is 0.769 bits per heavy atom. The Kier molecular flexibility index (Phi) is 4.63. The van der Waals surface area contributed by atoms with Crippen molar-refractivity contribution in [1.29, 1.82) is 0 Å². The number of aromatic hydroxyl groups is 2. The maximum Gasteiger partial charge on any atom is 0.269 e. The molecule has 0 aliphatic rings. The van der Waals surface area contributed by atoms with Crippen LogP contribution in [-0.2, 0) is 0 Å². The van der Waals surface area contributed by atoms with E-state index < -0.39 is 4.92 Å². The molecular weight excluding hydrogens is 330 g/mol. The summed E-state index contributed by atoms with van der Waals surface area (Å²) in [7, 11) is 0. The molecule has 0 radical (unpaired) electrons. The Morgan fingerprint density at radius 3 is 1.58 bits per heavy atom. The molecule has 5 nitrogen and oxygen atoms in total. The van der Waals surface area contributed by atoms with Crippen molar-refractivity contribution >= 4 is 5.69 Å². The second kappa shape index (κ2) is 6.88. The summed E-state index contributed by atoms with van der Waals surface area (Å²) in [5, 5.41) is 30.6. The van der Waals surface area contributed by atoms with Crippen molar-refractivity contribution in [3.05, 3.63) is 98.6 Å². The maximum atomic E-state index is 10.9. The number of non-ortho nitro benzene ring substituents is 1. The monoisotopic (exact) mass is 349 g/mol. The fourth-order valence-electron chi connectivity index (χ4n) is 3.08. The van der Waals surface area contributed by atoms with E-state index in [-0.39, 0.29) is 23.1 Å². The summed E-state index contributed by atoms with van der Waals surface area (Å²) in [5.74, 6) is 0.269. The van der Waals surface area contributed by atoms with E-state index in [0.717, 1.165) is 27.8 Å². The van der Waals surface area contributed by atoms with Gasteiger partial charge in [-0.1, -0.05) is 36.4 Å². The molecule has 132 valence electrons. The Bertz CT molecular complexity index is 913. The topological polar surface area (TPSA) is 83.6 Å². The molecule has 0 aromatic heterocycles. The second-order valence-electron chi connectivity index (χ2n) is 6.37. The molecule has 0 saturated heterocycles. The van der Waals surface area contributed by atoms with Crippen LogP contribution in [0.4, 0.5) is 5.69 Å². The highest BCUT2D eigenvalue weighted by atomic mass is 16.6. The zero-order valence-electron chi connectivity index (χ0n) is 14.5. The number of rotatable bonds is 4. The summed E-state index contributed by atoms with van der Waals surface area (Å²) in [6.45, 7) is 3.65. The van der Waals surface area contributed by atoms with E-state index in [9.17, 15) is 20.3 Å². The number of hydrogen-bond donors (Lipinski definition) is 2. The molecular formula is C21H19NO4. The molecule has 5 heteroatoms. The number of phenols is 2. The zero-order chi connectivity index (χ0) is 18.8. The summed E-state index contributed by atoms with van der Waals surface area (Å²) < 4.78 is 0. The predicted molar refractivity (Wildman–Crippen MR) is 99.7 cm³/mol. The second-order valence-corrected chi connectivity index (χ2v) is 6.37. The van der Waals surface area contributed by atoms with Crippen molar-refractivity contribution in [3.63, 3.8) is 0 Å². The Labute approximate surface area is 151 Å². The highest BCUT2D eigenvalue weighted by Gasteiger charge is 2.19. The van der Waals surface area contributed by atoms with Crippen molar-refractivity contribution in [2.75, 3.05) is 0 Å². The number of phenolic OH excluding ortho intramolecular Hbond substituents is 2. The third-order valence-electron chi connectivity index (χ3n) is 4.55. The first-order valence-corrected chi connectivity index (χ1v) is 8.20. The normalized spacial score (nSPS) is 10.9. The van der Waals surface area contributed by atoms with Crippen LogP contribution in [0.15, 0.2) is 60.7 Å². The Hall–Kier alpha value is -3.34. The maximum absolute atomic E-state index is 10.9. The molecule has 26 heavy (non-hydrogen) atoms. The molecule has 3 rings (SSSR count). The summed E-state index contributed by atoms with van der Waals surface area (Å²) in [6, 6.07) is 17.3. The predicted octanol–water partition coefficient (Wildman–Crippen LogP) is 4.80. The van der Waals surface area contributed by atoms with Gasteiger partial charge >= 0.3 is 0 Å². The summed E-state index contributed by atoms with van der Waals surface area (Å²) in [5.41, 5.74) is 4.36. The third kappa shape index (κ3) is 3.37. The van der Waals surface area contributed by atoms with Gasteiger partial charge in [-0.3, -0.25) is 10.1 Å². The van der Waals surface area contributed by atoms with Gasteiger partial charge in [0, 0.05) is 18.1 Å². The first kappa shape index (κ1) is 17.5. The molecule has 0 unspecified atom stereocenters. The van der Waals surface area contributed by atoms with Crippen LogP contribution in [0, 0.1) is 24.0 Å². The molecule has 0 atom stereocenters. The smallest absolute Gasteiger partial charge is 0.269 e. The van der Waals surface area contributed by atoms with Crippen LogP contribution >= 0.6 is 0 Å². The lowest BCUT2D eigenvalue weighted by atomic mass is 9.84. The molecule has 0 fully saturated rings. The SMILES string of the molecule is Cc1cc(C(c2ccc([N+](=O)[O-])cc2)c2ccc(O)c(C)c2)ccc1O. The van der Waals surface area contributed by atoms with Gasteiger partial charge in [-0.15, -0.1) is 0 Å². The van der Waals surface area contributed by atoms with Crippen molar-refractivity contribution in [2.45, 2.75) is 19.8 Å². The first-order valence-electron chi connectivity index (χ1n) is 8.20. The van der Waals surface area contributed by atoms with Crippen LogP contribution < -0.4 is 0 Å². The van der Waals surface area contributed by atoms with Crippen LogP contribution in [0.3, 0.4) is 0 Å². The number of hydrogen-bond acceptors (Lipinski definition) is 4. The van der Waals surface area contributed by atoms with Gasteiger partial charge in [-0.05, 0) is 53.8 Å². The number of benzene rings is 3. The molecule has 0 aliphatic carbocycles. The van der Waals surface area contributed by atoms with Crippen molar-refractivity contribution in [2.24, 2.45) is 0 Å². The van der Waals surface area contributed by atoms with E-state index in [2.05, 4.69) is 0 Å². The van der Waals surface area contributed by atoms with Crippen LogP contribution in [0.1, 0.15) is 33.7 Å². The van der Waals surface area contributed by atoms with Gasteiger partial charge in [-0.25, -0.2) is 0 Å². The number of nitrogens with zero attached hydrogens (tertiary/aromatic N) is 1.